The summed E-state index contributed by atoms with van der Waals surface area (Å²) >= 11 is 0. The molecule has 7 rings (SSSR count). The third-order valence-corrected chi connectivity index (χ3v) is 11.0. The molecule has 4 aromatic rings. The highest BCUT2D eigenvalue weighted by Crippen LogP contribution is 2.25. The molecule has 3 atom stereocenters. The first kappa shape index (κ1) is 50.5. The number of nitrogens with one attached hydrogen (secondary N) is 4. The van der Waals surface area contributed by atoms with Gasteiger partial charge in [-0.15, -0.1) is 0 Å². The maximum atomic E-state index is 12.6. The topological polar surface area (TPSA) is 277 Å². The van der Waals surface area contributed by atoms with Crippen LogP contribution in [0.3, 0.4) is 0 Å². The fraction of sp³-hybridized carbons (Fsp3) is 0.304. The number of benzene rings is 4. The van der Waals surface area contributed by atoms with Crippen molar-refractivity contribution in [2.75, 3.05) is 68.5 Å². The summed E-state index contributed by atoms with van der Waals surface area (Å²) in [5.41, 5.74) is 1.90. The lowest BCUT2D eigenvalue weighted by Crippen LogP contribution is -2.56. The summed E-state index contributed by atoms with van der Waals surface area (Å²) in [6.07, 6.45) is -2.97. The fourth-order valence-corrected chi connectivity index (χ4v) is 7.43. The first-order chi connectivity index (χ1) is 33.0. The number of para-hydroxylation sites is 2. The third kappa shape index (κ3) is 14.6. The van der Waals surface area contributed by atoms with Crippen LogP contribution in [-0.4, -0.2) is 143 Å². The second kappa shape index (κ2) is 23.2. The van der Waals surface area contributed by atoms with Crippen molar-refractivity contribution in [2.45, 2.75) is 32.1 Å². The number of ether oxygens (including phenoxy) is 5. The van der Waals surface area contributed by atoms with Crippen molar-refractivity contribution in [3.05, 3.63) is 120 Å². The van der Waals surface area contributed by atoms with Crippen molar-refractivity contribution in [1.29, 1.82) is 10.8 Å². The second-order valence-electron chi connectivity index (χ2n) is 15.5. The highest BCUT2D eigenvalue weighted by Gasteiger charge is 2.37. The van der Waals surface area contributed by atoms with Crippen LogP contribution < -0.4 is 29.9 Å². The van der Waals surface area contributed by atoms with Gasteiger partial charge in [0.05, 0.1) is 32.5 Å². The summed E-state index contributed by atoms with van der Waals surface area (Å²) < 4.78 is 52.6. The van der Waals surface area contributed by atoms with Gasteiger partial charge >= 0.3 is 30.3 Å². The lowest BCUT2D eigenvalue weighted by Gasteiger charge is -2.37. The van der Waals surface area contributed by atoms with E-state index in [0.717, 1.165) is 6.26 Å². The van der Waals surface area contributed by atoms with Crippen LogP contribution in [0, 0.1) is 10.8 Å². The quantitative estimate of drug-likeness (QED) is 0.0450. The molecular weight excluding hydrogens is 921 g/mol. The predicted octanol–water partition coefficient (Wildman–Crippen LogP) is 4.32. The number of amides is 5. The Labute approximate surface area is 397 Å². The van der Waals surface area contributed by atoms with Gasteiger partial charge in [-0.1, -0.05) is 36.4 Å². The summed E-state index contributed by atoms with van der Waals surface area (Å²) in [6, 6.07) is 29.1. The standard InChI is InChI=1S/C27H31N5O7.C19H19N3O7S/c1-3-37-25(34)18(2)31-14-13-30(17-23(31)33)15-22-16-32(27(36)39-22)20-11-9-19(10-12-20)24(28)29-26(35)38-21-7-5-4-6-8-21;1-30(25,26)27-12-16-11-22(19(24)29-16)14-9-7-13(8-10-14)17(20)21-18(23)28-15-5-3-2-4-6-15/h4-12,18,22H,3,13-17H2,1-2H3,(H2,28,29,35);2-10,16H,11-12H2,1H3,(H2,20,21,23). The molecule has 3 saturated heterocycles. The van der Waals surface area contributed by atoms with Crippen molar-refractivity contribution in [2.24, 2.45) is 0 Å². The number of nitrogens with zero attached hydrogens (tertiary/aromatic N) is 4. The number of piperazine rings is 1. The van der Waals surface area contributed by atoms with E-state index in [9.17, 15) is 37.2 Å². The average Bonchev–Trinajstić information content (AvgIpc) is 3.89. The van der Waals surface area contributed by atoms with E-state index in [4.69, 9.17) is 34.5 Å². The van der Waals surface area contributed by atoms with Crippen molar-refractivity contribution < 1.29 is 65.1 Å². The Morgan fingerprint density at radius 2 is 1.17 bits per heavy atom. The molecule has 5 amide bonds. The number of cyclic esters (lactones) is 2. The molecule has 0 radical (unpaired) electrons. The van der Waals surface area contributed by atoms with Crippen LogP contribution in [-0.2, 0) is 38.1 Å². The first-order valence-electron chi connectivity index (χ1n) is 21.4. The maximum absolute atomic E-state index is 12.6. The molecule has 0 saturated carbocycles. The molecule has 3 aliphatic heterocycles. The van der Waals surface area contributed by atoms with E-state index in [1.807, 2.05) is 4.90 Å². The zero-order chi connectivity index (χ0) is 49.7. The minimum Gasteiger partial charge on any atom is -0.464 e. The molecular formula is C46H50N8O14S. The number of hydrogen-bond acceptors (Lipinski definition) is 17. The summed E-state index contributed by atoms with van der Waals surface area (Å²) in [6.45, 7) is 5.20. The molecule has 3 unspecified atom stereocenters. The van der Waals surface area contributed by atoms with Gasteiger partial charge in [0, 0.05) is 42.1 Å². The minimum absolute atomic E-state index is 0.118. The van der Waals surface area contributed by atoms with Gasteiger partial charge in [0.2, 0.25) is 5.91 Å². The fourth-order valence-electron chi connectivity index (χ4n) is 7.03. The normalized spacial score (nSPS) is 17.4. The molecule has 3 aliphatic rings. The molecule has 0 spiro atoms. The molecule has 23 heteroatoms. The number of carbonyl (C=O) groups excluding carboxylic acids is 6. The van der Waals surface area contributed by atoms with E-state index in [-0.39, 0.29) is 43.9 Å². The highest BCUT2D eigenvalue weighted by molar-refractivity contribution is 7.86. The van der Waals surface area contributed by atoms with E-state index in [2.05, 4.69) is 14.8 Å². The molecule has 0 aliphatic carbocycles. The van der Waals surface area contributed by atoms with E-state index in [0.29, 0.717) is 60.2 Å². The summed E-state index contributed by atoms with van der Waals surface area (Å²) in [5, 5.41) is 20.8. The lowest BCUT2D eigenvalue weighted by atomic mass is 10.1. The minimum atomic E-state index is -3.63. The molecule has 3 heterocycles. The Bertz CT molecular complexity index is 2620. The van der Waals surface area contributed by atoms with Gasteiger partial charge in [-0.3, -0.25) is 45.1 Å². The maximum Gasteiger partial charge on any atom is 0.418 e. The Morgan fingerprint density at radius 3 is 1.62 bits per heavy atom. The number of anilines is 2. The van der Waals surface area contributed by atoms with Crippen LogP contribution in [0.5, 0.6) is 11.5 Å². The molecule has 364 valence electrons. The SMILES string of the molecule is CCOC(=O)C(C)N1CCN(CC2CN(c3ccc(C(=N)NC(=O)Oc4ccccc4)cc3)C(=O)O2)CC1=O.CS(=O)(=O)OCC1CN(c2ccc(C(=N)NC(=O)Oc3ccccc3)cc2)C(=O)O1. The van der Waals surface area contributed by atoms with Gasteiger partial charge in [-0.05, 0) is 86.6 Å². The molecule has 22 nitrogen and oxygen atoms in total. The molecule has 0 aromatic heterocycles. The molecule has 0 bridgehead atoms. The van der Waals surface area contributed by atoms with Crippen LogP contribution in [0.1, 0.15) is 25.0 Å². The summed E-state index contributed by atoms with van der Waals surface area (Å²) in [7, 11) is -3.63. The molecule has 69 heavy (non-hydrogen) atoms. The number of amidine groups is 2. The van der Waals surface area contributed by atoms with E-state index < -0.39 is 58.7 Å². The van der Waals surface area contributed by atoms with Crippen molar-refractivity contribution >= 4 is 69.4 Å². The predicted molar refractivity (Wildman–Crippen MR) is 248 cm³/mol. The Morgan fingerprint density at radius 1 is 0.710 bits per heavy atom. The Kier molecular flexibility index (Phi) is 17.0. The van der Waals surface area contributed by atoms with Crippen molar-refractivity contribution in [3.63, 3.8) is 0 Å². The van der Waals surface area contributed by atoms with Gasteiger partial charge in [0.1, 0.15) is 48.0 Å². The number of esters is 1. The average molecular weight is 971 g/mol. The molecule has 4 aromatic carbocycles. The summed E-state index contributed by atoms with van der Waals surface area (Å²) in [5.74, 6) is -0.222. The monoisotopic (exact) mass is 970 g/mol. The van der Waals surface area contributed by atoms with E-state index in [1.54, 1.807) is 123 Å². The van der Waals surface area contributed by atoms with Gasteiger partial charge < -0.3 is 28.6 Å². The van der Waals surface area contributed by atoms with Crippen LogP contribution in [0.15, 0.2) is 109 Å². The van der Waals surface area contributed by atoms with Crippen molar-refractivity contribution in [3.8, 4) is 11.5 Å². The number of rotatable bonds is 14. The first-order valence-corrected chi connectivity index (χ1v) is 23.2. The van der Waals surface area contributed by atoms with Gasteiger partial charge in [0.15, 0.2) is 0 Å². The number of hydrogen-bond donors (Lipinski definition) is 4. The van der Waals surface area contributed by atoms with Crippen LogP contribution in [0.25, 0.3) is 0 Å². The van der Waals surface area contributed by atoms with Crippen LogP contribution in [0.4, 0.5) is 30.6 Å². The van der Waals surface area contributed by atoms with E-state index in [1.165, 1.54) is 14.7 Å². The van der Waals surface area contributed by atoms with Crippen LogP contribution in [0.2, 0.25) is 0 Å². The Hall–Kier alpha value is -7.89. The zero-order valence-electron chi connectivity index (χ0n) is 37.7. The van der Waals surface area contributed by atoms with Crippen molar-refractivity contribution in [1.82, 2.24) is 20.4 Å². The number of carbonyl (C=O) groups is 6. The highest BCUT2D eigenvalue weighted by atomic mass is 32.2. The smallest absolute Gasteiger partial charge is 0.418 e. The second-order valence-corrected chi connectivity index (χ2v) is 17.1. The molecule has 3 fully saturated rings. The Balaban J connectivity index is 0.000000235. The van der Waals surface area contributed by atoms with Gasteiger partial charge in [0.25, 0.3) is 10.1 Å². The zero-order valence-corrected chi connectivity index (χ0v) is 38.5. The summed E-state index contributed by atoms with van der Waals surface area (Å²) in [4.78, 5) is 79.4. The van der Waals surface area contributed by atoms with Gasteiger partial charge in [-0.2, -0.15) is 8.42 Å². The van der Waals surface area contributed by atoms with Gasteiger partial charge in [-0.25, -0.2) is 24.0 Å². The molecule has 4 N–H and O–H groups in total. The third-order valence-electron chi connectivity index (χ3n) is 10.4. The van der Waals surface area contributed by atoms with E-state index >= 15 is 0 Å². The largest absolute Gasteiger partial charge is 0.464 e. The lowest BCUT2D eigenvalue weighted by molar-refractivity contribution is -0.156. The van der Waals surface area contributed by atoms with Crippen LogP contribution >= 0.6 is 0 Å².